The smallest absolute Gasteiger partial charge is 0.276 e. The van der Waals surface area contributed by atoms with Crippen LogP contribution in [0.1, 0.15) is 21.7 Å². The molecule has 0 unspecified atom stereocenters. The van der Waals surface area contributed by atoms with Crippen molar-refractivity contribution in [3.05, 3.63) is 46.8 Å². The standard InChI is InChI=1S/C14H14F2N4O/c1-20-12-4-5-17-7-9(12)13(19-20)14(21)18-11-3-2-8(15)6-10(11)16/h2-3,6,17H,4-5,7H2,1H3,(H,18,21). The number of anilines is 1. The molecule has 1 amide bonds. The van der Waals surface area contributed by atoms with Crippen molar-refractivity contribution in [3.8, 4) is 0 Å². The highest BCUT2D eigenvalue weighted by atomic mass is 19.1. The van der Waals surface area contributed by atoms with Crippen LogP contribution in [-0.2, 0) is 20.0 Å². The number of rotatable bonds is 2. The summed E-state index contributed by atoms with van der Waals surface area (Å²) in [6.45, 7) is 1.39. The van der Waals surface area contributed by atoms with Crippen molar-refractivity contribution in [3.63, 3.8) is 0 Å². The zero-order valence-electron chi connectivity index (χ0n) is 11.4. The molecule has 1 aromatic carbocycles. The maximum atomic E-state index is 13.6. The first kappa shape index (κ1) is 13.7. The number of hydrogen-bond acceptors (Lipinski definition) is 3. The van der Waals surface area contributed by atoms with E-state index in [2.05, 4.69) is 15.7 Å². The van der Waals surface area contributed by atoms with Crippen LogP contribution in [0, 0.1) is 11.6 Å². The first-order chi connectivity index (χ1) is 10.1. The van der Waals surface area contributed by atoms with Gasteiger partial charge in [-0.05, 0) is 12.1 Å². The molecule has 7 heteroatoms. The number of fused-ring (bicyclic) bond motifs is 1. The lowest BCUT2D eigenvalue weighted by molar-refractivity contribution is 0.102. The number of benzene rings is 1. The van der Waals surface area contributed by atoms with E-state index in [9.17, 15) is 13.6 Å². The van der Waals surface area contributed by atoms with E-state index in [1.54, 1.807) is 11.7 Å². The molecule has 21 heavy (non-hydrogen) atoms. The van der Waals surface area contributed by atoms with Gasteiger partial charge in [0.05, 0.1) is 5.69 Å². The molecule has 3 rings (SSSR count). The van der Waals surface area contributed by atoms with E-state index < -0.39 is 17.5 Å². The molecule has 0 atom stereocenters. The Bertz CT molecular complexity index is 711. The molecule has 2 N–H and O–H groups in total. The third-order valence-corrected chi connectivity index (χ3v) is 3.51. The Kier molecular flexibility index (Phi) is 3.42. The molecule has 1 aliphatic rings. The molecular formula is C14H14F2N4O. The Morgan fingerprint density at radius 1 is 1.43 bits per heavy atom. The summed E-state index contributed by atoms with van der Waals surface area (Å²) in [4.78, 5) is 12.3. The fourth-order valence-corrected chi connectivity index (χ4v) is 2.48. The summed E-state index contributed by atoms with van der Waals surface area (Å²) in [7, 11) is 1.78. The molecular weight excluding hydrogens is 278 g/mol. The van der Waals surface area contributed by atoms with Crippen molar-refractivity contribution in [2.24, 2.45) is 7.05 Å². The Morgan fingerprint density at radius 2 is 2.24 bits per heavy atom. The molecule has 0 aliphatic carbocycles. The Balaban J connectivity index is 1.89. The molecule has 110 valence electrons. The van der Waals surface area contributed by atoms with E-state index >= 15 is 0 Å². The second kappa shape index (κ2) is 5.25. The average molecular weight is 292 g/mol. The lowest BCUT2D eigenvalue weighted by atomic mass is 10.1. The number of aromatic nitrogens is 2. The SMILES string of the molecule is Cn1nc(C(=O)Nc2ccc(F)cc2F)c2c1CCNC2. The minimum Gasteiger partial charge on any atom is -0.318 e. The molecule has 0 saturated carbocycles. The molecule has 2 heterocycles. The molecule has 0 saturated heterocycles. The van der Waals surface area contributed by atoms with Gasteiger partial charge in [0, 0.05) is 43.9 Å². The first-order valence-corrected chi connectivity index (χ1v) is 6.58. The molecule has 0 spiro atoms. The van der Waals surface area contributed by atoms with Crippen LogP contribution in [0.3, 0.4) is 0 Å². The number of amides is 1. The zero-order chi connectivity index (χ0) is 15.0. The van der Waals surface area contributed by atoms with Crippen LogP contribution >= 0.6 is 0 Å². The second-order valence-electron chi connectivity index (χ2n) is 4.90. The van der Waals surface area contributed by atoms with E-state index in [4.69, 9.17) is 0 Å². The van der Waals surface area contributed by atoms with Gasteiger partial charge in [-0.2, -0.15) is 5.10 Å². The van der Waals surface area contributed by atoms with E-state index in [0.717, 1.165) is 36.4 Å². The van der Waals surface area contributed by atoms with Gasteiger partial charge in [-0.15, -0.1) is 0 Å². The summed E-state index contributed by atoms with van der Waals surface area (Å²) in [6.07, 6.45) is 0.789. The zero-order valence-corrected chi connectivity index (χ0v) is 11.4. The molecule has 0 radical (unpaired) electrons. The Labute approximate surface area is 120 Å². The number of nitrogens with one attached hydrogen (secondary N) is 2. The van der Waals surface area contributed by atoms with E-state index in [1.165, 1.54) is 6.07 Å². The van der Waals surface area contributed by atoms with Crippen LogP contribution in [0.5, 0.6) is 0 Å². The number of carbonyl (C=O) groups is 1. The van der Waals surface area contributed by atoms with Crippen molar-refractivity contribution in [2.75, 3.05) is 11.9 Å². The maximum absolute atomic E-state index is 13.6. The van der Waals surface area contributed by atoms with Gasteiger partial charge in [-0.3, -0.25) is 9.48 Å². The van der Waals surface area contributed by atoms with Crippen LogP contribution in [0.4, 0.5) is 14.5 Å². The third kappa shape index (κ3) is 2.52. The normalized spacial score (nSPS) is 13.9. The molecule has 0 bridgehead atoms. The van der Waals surface area contributed by atoms with Crippen molar-refractivity contribution < 1.29 is 13.6 Å². The van der Waals surface area contributed by atoms with Gasteiger partial charge in [-0.25, -0.2) is 8.78 Å². The lowest BCUT2D eigenvalue weighted by Crippen LogP contribution is -2.26. The largest absolute Gasteiger partial charge is 0.318 e. The highest BCUT2D eigenvalue weighted by molar-refractivity contribution is 6.04. The number of hydrogen-bond donors (Lipinski definition) is 2. The minimum atomic E-state index is -0.814. The molecule has 0 fully saturated rings. The van der Waals surface area contributed by atoms with Crippen LogP contribution in [0.25, 0.3) is 0 Å². The van der Waals surface area contributed by atoms with E-state index in [1.807, 2.05) is 0 Å². The van der Waals surface area contributed by atoms with Crippen LogP contribution in [-0.4, -0.2) is 22.2 Å². The minimum absolute atomic E-state index is 0.0652. The number of carbonyl (C=O) groups excluding carboxylic acids is 1. The lowest BCUT2D eigenvalue weighted by Gasteiger charge is -2.14. The predicted octanol–water partition coefficient (Wildman–Crippen LogP) is 1.60. The monoisotopic (exact) mass is 292 g/mol. The summed E-state index contributed by atoms with van der Waals surface area (Å²) in [5.74, 6) is -2.00. The Hall–Kier alpha value is -2.28. The first-order valence-electron chi connectivity index (χ1n) is 6.58. The highest BCUT2D eigenvalue weighted by Gasteiger charge is 2.24. The Morgan fingerprint density at radius 3 is 3.00 bits per heavy atom. The van der Waals surface area contributed by atoms with E-state index in [-0.39, 0.29) is 11.4 Å². The van der Waals surface area contributed by atoms with Crippen molar-refractivity contribution >= 4 is 11.6 Å². The van der Waals surface area contributed by atoms with Gasteiger partial charge in [-0.1, -0.05) is 0 Å². The predicted molar refractivity (Wildman–Crippen MR) is 72.9 cm³/mol. The molecule has 2 aromatic rings. The van der Waals surface area contributed by atoms with Crippen LogP contribution < -0.4 is 10.6 Å². The fraction of sp³-hybridized carbons (Fsp3) is 0.286. The molecule has 5 nitrogen and oxygen atoms in total. The topological polar surface area (TPSA) is 59.0 Å². The molecule has 1 aliphatic heterocycles. The summed E-state index contributed by atoms with van der Waals surface area (Å²) in [5, 5.41) is 9.81. The van der Waals surface area contributed by atoms with Gasteiger partial charge in [0.1, 0.15) is 11.6 Å². The van der Waals surface area contributed by atoms with Crippen LogP contribution in [0.2, 0.25) is 0 Å². The van der Waals surface area contributed by atoms with E-state index in [0.29, 0.717) is 6.54 Å². The van der Waals surface area contributed by atoms with Crippen molar-refractivity contribution in [2.45, 2.75) is 13.0 Å². The number of aryl methyl sites for hydroxylation is 1. The third-order valence-electron chi connectivity index (χ3n) is 3.51. The summed E-state index contributed by atoms with van der Waals surface area (Å²) in [5.41, 5.74) is 2.02. The van der Waals surface area contributed by atoms with Crippen molar-refractivity contribution in [1.82, 2.24) is 15.1 Å². The maximum Gasteiger partial charge on any atom is 0.276 e. The quantitative estimate of drug-likeness (QED) is 0.884. The highest BCUT2D eigenvalue weighted by Crippen LogP contribution is 2.20. The van der Waals surface area contributed by atoms with Crippen molar-refractivity contribution in [1.29, 1.82) is 0 Å². The summed E-state index contributed by atoms with van der Waals surface area (Å²) >= 11 is 0. The van der Waals surface area contributed by atoms with Gasteiger partial charge in [0.15, 0.2) is 5.69 Å². The number of halogens is 2. The fourth-order valence-electron chi connectivity index (χ4n) is 2.48. The average Bonchev–Trinajstić information content (AvgIpc) is 2.80. The second-order valence-corrected chi connectivity index (χ2v) is 4.90. The van der Waals surface area contributed by atoms with Gasteiger partial charge < -0.3 is 10.6 Å². The summed E-state index contributed by atoms with van der Waals surface area (Å²) < 4.78 is 28.1. The van der Waals surface area contributed by atoms with Gasteiger partial charge >= 0.3 is 0 Å². The van der Waals surface area contributed by atoms with Crippen LogP contribution in [0.15, 0.2) is 18.2 Å². The van der Waals surface area contributed by atoms with Gasteiger partial charge in [0.25, 0.3) is 5.91 Å². The van der Waals surface area contributed by atoms with Gasteiger partial charge in [0.2, 0.25) is 0 Å². The molecule has 1 aromatic heterocycles. The summed E-state index contributed by atoms with van der Waals surface area (Å²) in [6, 6.07) is 3.01. The number of nitrogens with zero attached hydrogens (tertiary/aromatic N) is 2.